The SMILES string of the molecule is CC1(NS(=O)(=O)c2ccc3c(c2)[nH]c2ncnc(N4CCN(OC5CC5)CC4)c23)CC1. The average Bonchev–Trinajstić information content (AvgIpc) is 3.66. The second-order valence-corrected chi connectivity index (χ2v) is 10.8. The smallest absolute Gasteiger partial charge is 0.241 e. The van der Waals surface area contributed by atoms with E-state index in [0.717, 1.165) is 74.0 Å². The van der Waals surface area contributed by atoms with Gasteiger partial charge in [-0.1, -0.05) is 6.07 Å². The van der Waals surface area contributed by atoms with Gasteiger partial charge in [-0.2, -0.15) is 5.06 Å². The molecular weight excluding hydrogens is 416 g/mol. The van der Waals surface area contributed by atoms with Crippen molar-refractivity contribution in [1.82, 2.24) is 24.7 Å². The van der Waals surface area contributed by atoms with Gasteiger partial charge in [-0.05, 0) is 44.7 Å². The van der Waals surface area contributed by atoms with Crippen LogP contribution in [0.25, 0.3) is 21.9 Å². The lowest BCUT2D eigenvalue weighted by Gasteiger charge is -2.34. The zero-order chi connectivity index (χ0) is 21.2. The maximum absolute atomic E-state index is 12.8. The van der Waals surface area contributed by atoms with Crippen LogP contribution >= 0.6 is 0 Å². The summed E-state index contributed by atoms with van der Waals surface area (Å²) < 4.78 is 28.4. The van der Waals surface area contributed by atoms with Gasteiger partial charge in [-0.3, -0.25) is 4.84 Å². The summed E-state index contributed by atoms with van der Waals surface area (Å²) >= 11 is 0. The number of nitrogens with one attached hydrogen (secondary N) is 2. The number of hydrogen-bond acceptors (Lipinski definition) is 7. The number of hydroxylamine groups is 2. The third-order valence-electron chi connectivity index (χ3n) is 6.39. The highest BCUT2D eigenvalue weighted by Gasteiger charge is 2.41. The van der Waals surface area contributed by atoms with E-state index >= 15 is 0 Å². The quantitative estimate of drug-likeness (QED) is 0.603. The van der Waals surface area contributed by atoms with E-state index < -0.39 is 10.0 Å². The molecule has 3 aromatic rings. The van der Waals surface area contributed by atoms with Crippen LogP contribution in [0.4, 0.5) is 5.82 Å². The molecule has 164 valence electrons. The Morgan fingerprint density at radius 2 is 1.94 bits per heavy atom. The summed E-state index contributed by atoms with van der Waals surface area (Å²) in [5.74, 6) is 0.876. The molecule has 0 spiro atoms. The number of anilines is 1. The van der Waals surface area contributed by atoms with Gasteiger partial charge in [0.05, 0.1) is 16.4 Å². The molecule has 0 bridgehead atoms. The summed E-state index contributed by atoms with van der Waals surface area (Å²) in [5, 5.41) is 3.92. The van der Waals surface area contributed by atoms with Crippen molar-refractivity contribution in [2.24, 2.45) is 0 Å². The Hall–Kier alpha value is -2.27. The minimum absolute atomic E-state index is 0.264. The molecule has 3 heterocycles. The van der Waals surface area contributed by atoms with E-state index in [1.807, 2.05) is 13.0 Å². The van der Waals surface area contributed by atoms with Crippen LogP contribution in [0.3, 0.4) is 0 Å². The highest BCUT2D eigenvalue weighted by molar-refractivity contribution is 7.89. The molecule has 0 amide bonds. The molecular formula is C21H26N6O3S. The summed E-state index contributed by atoms with van der Waals surface area (Å²) in [5.41, 5.74) is 1.16. The van der Waals surface area contributed by atoms with Crippen molar-refractivity contribution in [2.45, 2.75) is 49.1 Å². The minimum atomic E-state index is -3.56. The Balaban J connectivity index is 1.32. The molecule has 0 atom stereocenters. The molecule has 1 saturated heterocycles. The number of H-pyrrole nitrogens is 1. The fourth-order valence-corrected chi connectivity index (χ4v) is 5.65. The molecule has 3 fully saturated rings. The Morgan fingerprint density at radius 1 is 1.16 bits per heavy atom. The molecule has 0 unspecified atom stereocenters. The predicted molar refractivity (Wildman–Crippen MR) is 117 cm³/mol. The maximum Gasteiger partial charge on any atom is 0.241 e. The van der Waals surface area contributed by atoms with E-state index in [0.29, 0.717) is 11.8 Å². The van der Waals surface area contributed by atoms with Crippen molar-refractivity contribution in [1.29, 1.82) is 0 Å². The van der Waals surface area contributed by atoms with Crippen LogP contribution in [0.5, 0.6) is 0 Å². The number of aromatic nitrogens is 3. The van der Waals surface area contributed by atoms with Crippen LogP contribution in [0.1, 0.15) is 32.6 Å². The lowest BCUT2D eigenvalue weighted by atomic mass is 10.2. The second-order valence-electron chi connectivity index (χ2n) is 9.14. The van der Waals surface area contributed by atoms with Crippen molar-refractivity contribution in [3.8, 4) is 0 Å². The first kappa shape index (κ1) is 19.4. The Labute approximate surface area is 180 Å². The van der Waals surface area contributed by atoms with E-state index in [9.17, 15) is 8.42 Å². The van der Waals surface area contributed by atoms with Gasteiger partial charge in [0.1, 0.15) is 17.8 Å². The van der Waals surface area contributed by atoms with Crippen LogP contribution in [0, 0.1) is 0 Å². The number of nitrogens with zero attached hydrogens (tertiary/aromatic N) is 4. The molecule has 9 nitrogen and oxygen atoms in total. The van der Waals surface area contributed by atoms with E-state index in [4.69, 9.17) is 4.84 Å². The summed E-state index contributed by atoms with van der Waals surface area (Å²) in [6.45, 7) is 5.23. The van der Waals surface area contributed by atoms with Gasteiger partial charge >= 0.3 is 0 Å². The normalized spacial score (nSPS) is 21.8. The van der Waals surface area contributed by atoms with Crippen molar-refractivity contribution >= 4 is 37.8 Å². The highest BCUT2D eigenvalue weighted by atomic mass is 32.2. The van der Waals surface area contributed by atoms with Gasteiger partial charge < -0.3 is 9.88 Å². The summed E-state index contributed by atoms with van der Waals surface area (Å²) in [4.78, 5) is 20.7. The number of rotatable bonds is 6. The van der Waals surface area contributed by atoms with E-state index in [-0.39, 0.29) is 10.4 Å². The van der Waals surface area contributed by atoms with Gasteiger partial charge in [0, 0.05) is 42.6 Å². The first-order valence-corrected chi connectivity index (χ1v) is 12.4. The van der Waals surface area contributed by atoms with E-state index in [2.05, 4.69) is 29.6 Å². The monoisotopic (exact) mass is 442 g/mol. The van der Waals surface area contributed by atoms with Gasteiger partial charge in [-0.25, -0.2) is 23.1 Å². The molecule has 2 aromatic heterocycles. The van der Waals surface area contributed by atoms with Crippen LogP contribution in [-0.4, -0.2) is 66.3 Å². The first-order valence-electron chi connectivity index (χ1n) is 10.9. The lowest BCUT2D eigenvalue weighted by Crippen LogP contribution is -2.46. The predicted octanol–water partition coefficient (Wildman–Crippen LogP) is 2.16. The number of sulfonamides is 1. The van der Waals surface area contributed by atoms with Crippen molar-refractivity contribution < 1.29 is 13.3 Å². The minimum Gasteiger partial charge on any atom is -0.353 e. The van der Waals surface area contributed by atoms with Gasteiger partial charge in [0.25, 0.3) is 0 Å². The van der Waals surface area contributed by atoms with Crippen LogP contribution in [0.2, 0.25) is 0 Å². The van der Waals surface area contributed by atoms with Gasteiger partial charge in [0.15, 0.2) is 0 Å². The Kier molecular flexibility index (Phi) is 4.30. The fourth-order valence-electron chi connectivity index (χ4n) is 4.16. The first-order chi connectivity index (χ1) is 14.9. The molecule has 2 saturated carbocycles. The van der Waals surface area contributed by atoms with Crippen molar-refractivity contribution in [2.75, 3.05) is 31.1 Å². The molecule has 2 aliphatic carbocycles. The Bertz CT molecular complexity index is 1260. The fraction of sp³-hybridized carbons (Fsp3) is 0.524. The van der Waals surface area contributed by atoms with E-state index in [1.165, 1.54) is 0 Å². The topological polar surface area (TPSA) is 103 Å². The average molecular weight is 443 g/mol. The molecule has 31 heavy (non-hydrogen) atoms. The third kappa shape index (κ3) is 3.67. The van der Waals surface area contributed by atoms with Crippen LogP contribution in [0.15, 0.2) is 29.4 Å². The second kappa shape index (κ2) is 6.86. The van der Waals surface area contributed by atoms with Crippen molar-refractivity contribution in [3.63, 3.8) is 0 Å². The van der Waals surface area contributed by atoms with Gasteiger partial charge in [0.2, 0.25) is 10.0 Å². The maximum atomic E-state index is 12.8. The number of benzene rings is 1. The zero-order valence-corrected chi connectivity index (χ0v) is 18.3. The van der Waals surface area contributed by atoms with Gasteiger partial charge in [-0.15, -0.1) is 0 Å². The highest BCUT2D eigenvalue weighted by Crippen LogP contribution is 2.37. The van der Waals surface area contributed by atoms with Crippen LogP contribution < -0.4 is 9.62 Å². The molecule has 3 aliphatic rings. The molecule has 10 heteroatoms. The largest absolute Gasteiger partial charge is 0.353 e. The standard InChI is InChI=1S/C21H26N6O3S/c1-21(6-7-21)25-31(28,29)15-4-5-16-17(12-15)24-19-18(16)20(23-13-22-19)26-8-10-27(11-9-26)30-14-2-3-14/h4-5,12-14,25H,2-3,6-11H2,1H3,(H,22,23,24). The van der Waals surface area contributed by atoms with E-state index in [1.54, 1.807) is 18.5 Å². The molecule has 0 radical (unpaired) electrons. The number of hydrogen-bond donors (Lipinski definition) is 2. The summed E-state index contributed by atoms with van der Waals surface area (Å²) in [6.07, 6.45) is 6.04. The molecule has 1 aromatic carbocycles. The number of fused-ring (bicyclic) bond motifs is 3. The Morgan fingerprint density at radius 3 is 2.65 bits per heavy atom. The molecule has 1 aliphatic heterocycles. The lowest BCUT2D eigenvalue weighted by molar-refractivity contribution is -0.171. The van der Waals surface area contributed by atoms with Crippen molar-refractivity contribution in [3.05, 3.63) is 24.5 Å². The molecule has 6 rings (SSSR count). The zero-order valence-electron chi connectivity index (χ0n) is 17.5. The number of aromatic amines is 1. The molecule has 2 N–H and O–H groups in total. The summed E-state index contributed by atoms with van der Waals surface area (Å²) in [7, 11) is -3.56. The third-order valence-corrected chi connectivity index (χ3v) is 8.03. The summed E-state index contributed by atoms with van der Waals surface area (Å²) in [6, 6.07) is 5.22. The number of piperazine rings is 1. The van der Waals surface area contributed by atoms with Crippen LogP contribution in [-0.2, 0) is 14.9 Å².